The zero-order valence-electron chi connectivity index (χ0n) is 18.8. The Morgan fingerprint density at radius 1 is 1.00 bits per heavy atom. The minimum atomic E-state index is -1.09. The number of nitrogens with two attached hydrogens (primary N) is 1. The van der Waals surface area contributed by atoms with E-state index in [1.165, 1.54) is 6.92 Å². The van der Waals surface area contributed by atoms with E-state index < -0.39 is 41.7 Å². The van der Waals surface area contributed by atoms with Gasteiger partial charge in [-0.15, -0.1) is 0 Å². The summed E-state index contributed by atoms with van der Waals surface area (Å²) in [7, 11) is 0. The molecule has 4 amide bonds. The third-order valence-electron chi connectivity index (χ3n) is 3.92. The molecule has 0 radical (unpaired) electrons. The van der Waals surface area contributed by atoms with Crippen LogP contribution in [0.3, 0.4) is 0 Å². The van der Waals surface area contributed by atoms with E-state index in [4.69, 9.17) is 15.2 Å². The van der Waals surface area contributed by atoms with Crippen molar-refractivity contribution in [2.75, 3.05) is 5.32 Å². The normalized spacial score (nSPS) is 13.0. The van der Waals surface area contributed by atoms with Crippen LogP contribution in [0.15, 0.2) is 24.3 Å². The lowest BCUT2D eigenvalue weighted by atomic mass is 10.1. The van der Waals surface area contributed by atoms with Crippen molar-refractivity contribution in [3.63, 3.8) is 0 Å². The fourth-order valence-electron chi connectivity index (χ4n) is 2.42. The van der Waals surface area contributed by atoms with E-state index in [0.717, 1.165) is 5.56 Å². The molecule has 172 valence electrons. The smallest absolute Gasteiger partial charge is 0.407 e. The lowest BCUT2D eigenvalue weighted by Gasteiger charge is -2.22. The van der Waals surface area contributed by atoms with Crippen LogP contribution in [0, 0.1) is 5.92 Å². The molecule has 0 spiro atoms. The van der Waals surface area contributed by atoms with Gasteiger partial charge in [0.25, 0.3) is 5.91 Å². The number of ether oxygens (including phenoxy) is 2. The van der Waals surface area contributed by atoms with Crippen molar-refractivity contribution in [2.45, 2.75) is 65.8 Å². The number of hydrogen-bond acceptors (Lipinski definition) is 6. The van der Waals surface area contributed by atoms with Crippen LogP contribution < -0.4 is 21.7 Å². The zero-order chi connectivity index (χ0) is 23.8. The van der Waals surface area contributed by atoms with E-state index >= 15 is 0 Å². The highest BCUT2D eigenvalue weighted by Crippen LogP contribution is 2.12. The predicted molar refractivity (Wildman–Crippen MR) is 115 cm³/mol. The third kappa shape index (κ3) is 9.83. The van der Waals surface area contributed by atoms with Crippen LogP contribution in [-0.4, -0.2) is 41.7 Å². The molecule has 5 N–H and O–H groups in total. The van der Waals surface area contributed by atoms with Gasteiger partial charge in [-0.2, -0.15) is 0 Å². The molecule has 0 aliphatic heterocycles. The maximum absolute atomic E-state index is 12.4. The number of carbonyl (C=O) groups is 4. The molecule has 0 saturated heterocycles. The van der Waals surface area contributed by atoms with Crippen LogP contribution in [0.25, 0.3) is 0 Å². The molecule has 0 aromatic heterocycles. The van der Waals surface area contributed by atoms with Crippen molar-refractivity contribution in [3.8, 4) is 0 Å². The molecule has 0 fully saturated rings. The second kappa shape index (κ2) is 11.2. The van der Waals surface area contributed by atoms with E-state index in [1.807, 2.05) is 0 Å². The molecule has 0 bridgehead atoms. The molecule has 1 rings (SSSR count). The van der Waals surface area contributed by atoms with Gasteiger partial charge in [-0.1, -0.05) is 26.0 Å². The molecule has 10 heteroatoms. The fraction of sp³-hybridized carbons (Fsp3) is 0.524. The molecule has 0 aliphatic carbocycles. The first kappa shape index (κ1) is 25.7. The van der Waals surface area contributed by atoms with E-state index in [2.05, 4.69) is 16.0 Å². The average Bonchev–Trinajstić information content (AvgIpc) is 2.63. The second-order valence-electron chi connectivity index (χ2n) is 8.37. The summed E-state index contributed by atoms with van der Waals surface area (Å²) in [5.41, 5.74) is 5.74. The lowest BCUT2D eigenvalue weighted by Crippen LogP contribution is -2.49. The highest BCUT2D eigenvalue weighted by Gasteiger charge is 2.28. The highest BCUT2D eigenvalue weighted by molar-refractivity contribution is 5.97. The standard InChI is InChI=1S/C21H32N4O6/c1-12(2)16(30-19(22)28)18(27)24-13(3)17(26)25-15-9-7-14(8-10-15)11-23-20(29)31-21(4,5)6/h7-10,12-13,16H,11H2,1-6H3,(H2,22,28)(H,23,29)(H,24,27)(H,25,26). The number of primary amides is 1. The van der Waals surface area contributed by atoms with Crippen LogP contribution in [0.2, 0.25) is 0 Å². The summed E-state index contributed by atoms with van der Waals surface area (Å²) in [5, 5.41) is 7.83. The fourth-order valence-corrected chi connectivity index (χ4v) is 2.42. The topological polar surface area (TPSA) is 149 Å². The van der Waals surface area contributed by atoms with Gasteiger partial charge in [0, 0.05) is 12.2 Å². The van der Waals surface area contributed by atoms with Gasteiger partial charge < -0.3 is 31.2 Å². The largest absolute Gasteiger partial charge is 0.444 e. The number of nitrogens with one attached hydrogen (secondary N) is 3. The molecule has 2 unspecified atom stereocenters. The first-order valence-corrected chi connectivity index (χ1v) is 9.91. The quantitative estimate of drug-likeness (QED) is 0.491. The third-order valence-corrected chi connectivity index (χ3v) is 3.92. The molecular weight excluding hydrogens is 404 g/mol. The van der Waals surface area contributed by atoms with E-state index in [1.54, 1.807) is 58.9 Å². The number of hydrogen-bond donors (Lipinski definition) is 4. The van der Waals surface area contributed by atoms with Crippen molar-refractivity contribution in [1.29, 1.82) is 0 Å². The molecule has 2 atom stereocenters. The first-order chi connectivity index (χ1) is 14.3. The van der Waals surface area contributed by atoms with Gasteiger partial charge >= 0.3 is 12.2 Å². The van der Waals surface area contributed by atoms with Crippen LogP contribution in [0.1, 0.15) is 47.1 Å². The van der Waals surface area contributed by atoms with Crippen molar-refractivity contribution in [3.05, 3.63) is 29.8 Å². The van der Waals surface area contributed by atoms with E-state index in [-0.39, 0.29) is 12.5 Å². The monoisotopic (exact) mass is 436 g/mol. The maximum Gasteiger partial charge on any atom is 0.407 e. The molecule has 1 aromatic carbocycles. The Kier molecular flexibility index (Phi) is 9.29. The van der Waals surface area contributed by atoms with Gasteiger partial charge in [0.05, 0.1) is 0 Å². The number of alkyl carbamates (subject to hydrolysis) is 1. The molecule has 0 saturated carbocycles. The second-order valence-corrected chi connectivity index (χ2v) is 8.37. The van der Waals surface area contributed by atoms with Gasteiger partial charge in [-0.05, 0) is 51.3 Å². The maximum atomic E-state index is 12.4. The average molecular weight is 437 g/mol. The number of benzene rings is 1. The van der Waals surface area contributed by atoms with Gasteiger partial charge in [-0.3, -0.25) is 9.59 Å². The minimum Gasteiger partial charge on any atom is -0.444 e. The lowest BCUT2D eigenvalue weighted by molar-refractivity contribution is -0.134. The van der Waals surface area contributed by atoms with Crippen LogP contribution in [-0.2, 0) is 25.6 Å². The Hall–Kier alpha value is -3.30. The summed E-state index contributed by atoms with van der Waals surface area (Å²) in [5.74, 6) is -1.38. The molecule has 0 aliphatic rings. The van der Waals surface area contributed by atoms with Crippen molar-refractivity contribution in [2.24, 2.45) is 11.7 Å². The summed E-state index contributed by atoms with van der Waals surface area (Å²) in [6.07, 6.45) is -2.67. The highest BCUT2D eigenvalue weighted by atomic mass is 16.6. The molecule has 0 heterocycles. The number of amides is 4. The number of rotatable bonds is 8. The van der Waals surface area contributed by atoms with E-state index in [0.29, 0.717) is 5.69 Å². The Morgan fingerprint density at radius 3 is 2.06 bits per heavy atom. The SMILES string of the molecule is CC(NC(=O)C(OC(N)=O)C(C)C)C(=O)Nc1ccc(CNC(=O)OC(C)(C)C)cc1. The Morgan fingerprint density at radius 2 is 1.58 bits per heavy atom. The summed E-state index contributed by atoms with van der Waals surface area (Å²) >= 11 is 0. The van der Waals surface area contributed by atoms with Crippen molar-refractivity contribution in [1.82, 2.24) is 10.6 Å². The molecule has 31 heavy (non-hydrogen) atoms. The van der Waals surface area contributed by atoms with Crippen molar-refractivity contribution >= 4 is 29.7 Å². The Labute approximate surface area is 182 Å². The van der Waals surface area contributed by atoms with E-state index in [9.17, 15) is 19.2 Å². The minimum absolute atomic E-state index is 0.270. The summed E-state index contributed by atoms with van der Waals surface area (Å²) in [6.45, 7) is 10.5. The zero-order valence-corrected chi connectivity index (χ0v) is 18.8. The van der Waals surface area contributed by atoms with Gasteiger partial charge in [0.2, 0.25) is 5.91 Å². The molecular formula is C21H32N4O6. The van der Waals surface area contributed by atoms with Crippen LogP contribution in [0.4, 0.5) is 15.3 Å². The van der Waals surface area contributed by atoms with Gasteiger partial charge in [0.1, 0.15) is 11.6 Å². The first-order valence-electron chi connectivity index (χ1n) is 9.91. The predicted octanol–water partition coefficient (Wildman–Crippen LogP) is 2.27. The van der Waals surface area contributed by atoms with Gasteiger partial charge in [0.15, 0.2) is 6.10 Å². The summed E-state index contributed by atoms with van der Waals surface area (Å²) < 4.78 is 9.98. The molecule has 1 aromatic rings. The number of anilines is 1. The van der Waals surface area contributed by atoms with Crippen molar-refractivity contribution < 1.29 is 28.7 Å². The van der Waals surface area contributed by atoms with Crippen LogP contribution >= 0.6 is 0 Å². The number of carbonyl (C=O) groups excluding carboxylic acids is 4. The Balaban J connectivity index is 2.58. The molecule has 10 nitrogen and oxygen atoms in total. The summed E-state index contributed by atoms with van der Waals surface area (Å²) in [6, 6.07) is 5.95. The van der Waals surface area contributed by atoms with Gasteiger partial charge in [-0.25, -0.2) is 9.59 Å². The summed E-state index contributed by atoms with van der Waals surface area (Å²) in [4.78, 5) is 47.3. The van der Waals surface area contributed by atoms with Crippen LogP contribution in [0.5, 0.6) is 0 Å². The Bertz CT molecular complexity index is 786.